The average Bonchev–Trinajstić information content (AvgIpc) is 3.01. The normalized spacial score (nSPS) is 20.7. The average molecular weight is 449 g/mol. The summed E-state index contributed by atoms with van der Waals surface area (Å²) in [7, 11) is -0.340. The minimum absolute atomic E-state index is 0.0864. The summed E-state index contributed by atoms with van der Waals surface area (Å²) < 4.78 is 13.8. The monoisotopic (exact) mass is 448 g/mol. The highest BCUT2D eigenvalue weighted by molar-refractivity contribution is 9.10. The molecule has 4 heteroatoms. The molecule has 0 spiro atoms. The first-order chi connectivity index (χ1) is 13.5. The quantitative estimate of drug-likeness (QED) is 0.412. The van der Waals surface area contributed by atoms with Gasteiger partial charge in [-0.25, -0.2) is 0 Å². The van der Waals surface area contributed by atoms with Gasteiger partial charge in [-0.1, -0.05) is 72.2 Å². The van der Waals surface area contributed by atoms with Crippen LogP contribution in [0, 0.1) is 0 Å². The van der Waals surface area contributed by atoms with Crippen molar-refractivity contribution in [3.8, 4) is 11.1 Å². The molecular formula is C25H26BBrO2. The molecule has 1 aliphatic heterocycles. The smallest absolute Gasteiger partial charge is 0.399 e. The standard InChI is InChI=1S/C25H26BBrO2/c1-23(2)19-13-15(26-28-24(3,4)25(5,6)29-26)11-12-18(19)22-17-10-8-7-9-16(17)21(27)14-20(22)23/h7-14H,1-6H3. The van der Waals surface area contributed by atoms with E-state index in [9.17, 15) is 0 Å². The van der Waals surface area contributed by atoms with Gasteiger partial charge in [-0.05, 0) is 72.3 Å². The molecule has 0 radical (unpaired) electrons. The number of halogens is 1. The molecule has 1 aliphatic carbocycles. The SMILES string of the molecule is CC1(C)c2cc(B3OC(C)(C)C(C)(C)O3)ccc2-c2c1cc(Br)c1ccccc21. The van der Waals surface area contributed by atoms with Crippen molar-refractivity contribution in [2.75, 3.05) is 0 Å². The van der Waals surface area contributed by atoms with Crippen molar-refractivity contribution in [1.29, 1.82) is 0 Å². The van der Waals surface area contributed by atoms with Gasteiger partial charge in [0.05, 0.1) is 11.2 Å². The number of benzene rings is 3. The van der Waals surface area contributed by atoms with Crippen LogP contribution in [0.5, 0.6) is 0 Å². The van der Waals surface area contributed by atoms with Crippen LogP contribution in [-0.2, 0) is 14.7 Å². The molecule has 148 valence electrons. The summed E-state index contributed by atoms with van der Waals surface area (Å²) in [5, 5.41) is 2.55. The summed E-state index contributed by atoms with van der Waals surface area (Å²) in [6.07, 6.45) is 0. The molecule has 2 aliphatic rings. The highest BCUT2D eigenvalue weighted by atomic mass is 79.9. The summed E-state index contributed by atoms with van der Waals surface area (Å²) in [4.78, 5) is 0. The van der Waals surface area contributed by atoms with Crippen LogP contribution in [0.1, 0.15) is 52.7 Å². The van der Waals surface area contributed by atoms with Crippen LogP contribution in [0.4, 0.5) is 0 Å². The number of fused-ring (bicyclic) bond motifs is 5. The van der Waals surface area contributed by atoms with Crippen molar-refractivity contribution < 1.29 is 9.31 Å². The summed E-state index contributed by atoms with van der Waals surface area (Å²) in [5.41, 5.74) is 5.69. The fourth-order valence-electron chi connectivity index (χ4n) is 4.68. The van der Waals surface area contributed by atoms with Crippen molar-refractivity contribution in [1.82, 2.24) is 0 Å². The van der Waals surface area contributed by atoms with Crippen molar-refractivity contribution in [3.63, 3.8) is 0 Å². The Hall–Kier alpha value is -1.62. The van der Waals surface area contributed by atoms with Gasteiger partial charge >= 0.3 is 7.12 Å². The highest BCUT2D eigenvalue weighted by Crippen LogP contribution is 2.52. The Labute approximate surface area is 181 Å². The molecular weight excluding hydrogens is 423 g/mol. The first-order valence-corrected chi connectivity index (χ1v) is 11.0. The second kappa shape index (κ2) is 5.97. The van der Waals surface area contributed by atoms with E-state index in [0.29, 0.717) is 0 Å². The third kappa shape index (κ3) is 2.62. The predicted octanol–water partition coefficient (Wildman–Crippen LogP) is 6.21. The lowest BCUT2D eigenvalue weighted by molar-refractivity contribution is 0.00578. The summed E-state index contributed by atoms with van der Waals surface area (Å²) in [5.74, 6) is 0. The molecule has 0 N–H and O–H groups in total. The maximum Gasteiger partial charge on any atom is 0.494 e. The van der Waals surface area contributed by atoms with Crippen LogP contribution in [0.15, 0.2) is 53.0 Å². The molecule has 0 unspecified atom stereocenters. The summed E-state index contributed by atoms with van der Waals surface area (Å²) >= 11 is 3.80. The molecule has 5 rings (SSSR count). The maximum atomic E-state index is 6.31. The van der Waals surface area contributed by atoms with Gasteiger partial charge in [0, 0.05) is 9.89 Å². The van der Waals surface area contributed by atoms with E-state index in [1.807, 2.05) is 0 Å². The van der Waals surface area contributed by atoms with Crippen LogP contribution in [0.25, 0.3) is 21.9 Å². The molecule has 1 saturated heterocycles. The molecule has 0 saturated carbocycles. The molecule has 1 fully saturated rings. The number of hydrogen-bond acceptors (Lipinski definition) is 2. The lowest BCUT2D eigenvalue weighted by Crippen LogP contribution is -2.41. The number of hydrogen-bond donors (Lipinski definition) is 0. The van der Waals surface area contributed by atoms with Crippen LogP contribution in [0.3, 0.4) is 0 Å². The molecule has 29 heavy (non-hydrogen) atoms. The van der Waals surface area contributed by atoms with Gasteiger partial charge in [0.2, 0.25) is 0 Å². The van der Waals surface area contributed by atoms with E-state index in [0.717, 1.165) is 9.94 Å². The third-order valence-electron chi connectivity index (χ3n) is 7.18. The molecule has 0 aromatic heterocycles. The number of rotatable bonds is 1. The van der Waals surface area contributed by atoms with E-state index >= 15 is 0 Å². The van der Waals surface area contributed by atoms with E-state index < -0.39 is 0 Å². The van der Waals surface area contributed by atoms with Crippen LogP contribution < -0.4 is 5.46 Å². The van der Waals surface area contributed by atoms with Gasteiger partial charge in [-0.3, -0.25) is 0 Å². The predicted molar refractivity (Wildman–Crippen MR) is 125 cm³/mol. The summed E-state index contributed by atoms with van der Waals surface area (Å²) in [6.45, 7) is 13.0. The van der Waals surface area contributed by atoms with Crippen molar-refractivity contribution in [2.45, 2.75) is 58.2 Å². The van der Waals surface area contributed by atoms with E-state index in [1.165, 1.54) is 33.0 Å². The van der Waals surface area contributed by atoms with Gasteiger partial charge in [0.15, 0.2) is 0 Å². The molecule has 3 aromatic carbocycles. The Morgan fingerprint density at radius 2 is 1.38 bits per heavy atom. The van der Waals surface area contributed by atoms with E-state index in [1.54, 1.807) is 0 Å². The fraction of sp³-hybridized carbons (Fsp3) is 0.360. The van der Waals surface area contributed by atoms with Crippen LogP contribution in [-0.4, -0.2) is 18.3 Å². The second-order valence-corrected chi connectivity index (χ2v) is 10.7. The first kappa shape index (κ1) is 19.4. The molecule has 0 bridgehead atoms. The minimum Gasteiger partial charge on any atom is -0.399 e. The topological polar surface area (TPSA) is 18.5 Å². The lowest BCUT2D eigenvalue weighted by Gasteiger charge is -2.32. The second-order valence-electron chi connectivity index (χ2n) is 9.84. The maximum absolute atomic E-state index is 6.31. The minimum atomic E-state index is -0.340. The molecule has 2 nitrogen and oxygen atoms in total. The van der Waals surface area contributed by atoms with Gasteiger partial charge in [-0.2, -0.15) is 0 Å². The van der Waals surface area contributed by atoms with Gasteiger partial charge < -0.3 is 9.31 Å². The van der Waals surface area contributed by atoms with Crippen LogP contribution in [0.2, 0.25) is 0 Å². The Morgan fingerprint density at radius 1 is 0.759 bits per heavy atom. The van der Waals surface area contributed by atoms with E-state index in [2.05, 4.69) is 106 Å². The summed E-state index contributed by atoms with van der Waals surface area (Å²) in [6, 6.07) is 17.6. The Morgan fingerprint density at radius 3 is 2.03 bits per heavy atom. The third-order valence-corrected chi connectivity index (χ3v) is 7.84. The first-order valence-electron chi connectivity index (χ1n) is 10.3. The van der Waals surface area contributed by atoms with Gasteiger partial charge in [0.1, 0.15) is 0 Å². The van der Waals surface area contributed by atoms with Crippen molar-refractivity contribution >= 4 is 39.3 Å². The van der Waals surface area contributed by atoms with Crippen molar-refractivity contribution in [2.24, 2.45) is 0 Å². The highest BCUT2D eigenvalue weighted by Gasteiger charge is 2.52. The molecule has 0 amide bonds. The van der Waals surface area contributed by atoms with E-state index in [-0.39, 0.29) is 23.7 Å². The molecule has 3 aromatic rings. The zero-order chi connectivity index (χ0) is 20.8. The fourth-order valence-corrected chi connectivity index (χ4v) is 5.26. The Bertz CT molecular complexity index is 1150. The van der Waals surface area contributed by atoms with Crippen LogP contribution >= 0.6 is 15.9 Å². The Balaban J connectivity index is 1.69. The Kier molecular flexibility index (Phi) is 3.98. The largest absolute Gasteiger partial charge is 0.494 e. The van der Waals surface area contributed by atoms with Crippen molar-refractivity contribution in [3.05, 3.63) is 64.1 Å². The zero-order valence-electron chi connectivity index (χ0n) is 17.9. The van der Waals surface area contributed by atoms with Gasteiger partial charge in [-0.15, -0.1) is 0 Å². The van der Waals surface area contributed by atoms with Gasteiger partial charge in [0.25, 0.3) is 0 Å². The molecule has 0 atom stereocenters. The zero-order valence-corrected chi connectivity index (χ0v) is 19.5. The lowest BCUT2D eigenvalue weighted by atomic mass is 9.74. The van der Waals surface area contributed by atoms with E-state index in [4.69, 9.17) is 9.31 Å². The molecule has 1 heterocycles.